The topological polar surface area (TPSA) is 96.0 Å². The van der Waals surface area contributed by atoms with Crippen molar-refractivity contribution in [1.82, 2.24) is 25.3 Å². The van der Waals surface area contributed by atoms with Crippen molar-refractivity contribution in [2.75, 3.05) is 18.0 Å². The molecule has 1 aliphatic heterocycles. The van der Waals surface area contributed by atoms with E-state index in [1.165, 1.54) is 6.33 Å². The number of nitrogens with one attached hydrogen (secondary N) is 2. The van der Waals surface area contributed by atoms with Crippen molar-refractivity contribution in [3.8, 4) is 5.75 Å². The predicted octanol–water partition coefficient (Wildman–Crippen LogP) is 3.98. The zero-order chi connectivity index (χ0) is 22.6. The molecule has 8 nitrogen and oxygen atoms in total. The highest BCUT2D eigenvalue weighted by molar-refractivity contribution is 6.30. The number of halogens is 1. The second-order valence-electron chi connectivity index (χ2n) is 7.94. The average Bonchev–Trinajstić information content (AvgIpc) is 3.34. The van der Waals surface area contributed by atoms with Crippen LogP contribution >= 0.6 is 11.6 Å². The van der Waals surface area contributed by atoms with Gasteiger partial charge < -0.3 is 19.9 Å². The van der Waals surface area contributed by atoms with E-state index in [0.29, 0.717) is 28.6 Å². The number of imidazole rings is 1. The molecule has 4 aromatic rings. The summed E-state index contributed by atoms with van der Waals surface area (Å²) in [6.07, 6.45) is 4.80. The van der Waals surface area contributed by atoms with Gasteiger partial charge in [0, 0.05) is 24.2 Å². The number of hydrogen-bond donors (Lipinski definition) is 2. The lowest BCUT2D eigenvalue weighted by Gasteiger charge is -2.33. The SMILES string of the molecule is O=C(NC1CCN(c2ncnc3nc[nH]c23)CC1)c1ccccc1OCc1ccc(Cl)cc1. The number of para-hydroxylation sites is 1. The van der Waals surface area contributed by atoms with Crippen LogP contribution in [0.15, 0.2) is 61.2 Å². The van der Waals surface area contributed by atoms with E-state index >= 15 is 0 Å². The van der Waals surface area contributed by atoms with Gasteiger partial charge >= 0.3 is 0 Å². The maximum absolute atomic E-state index is 13.0. The predicted molar refractivity (Wildman–Crippen MR) is 127 cm³/mol. The molecule has 0 atom stereocenters. The number of piperidine rings is 1. The van der Waals surface area contributed by atoms with Gasteiger partial charge in [0.15, 0.2) is 11.5 Å². The Balaban J connectivity index is 1.20. The van der Waals surface area contributed by atoms with Crippen molar-refractivity contribution in [2.45, 2.75) is 25.5 Å². The van der Waals surface area contributed by atoms with E-state index in [9.17, 15) is 4.79 Å². The zero-order valence-corrected chi connectivity index (χ0v) is 18.6. The number of aromatic amines is 1. The van der Waals surface area contributed by atoms with Crippen LogP contribution in [-0.4, -0.2) is 45.0 Å². The Kier molecular flexibility index (Phi) is 6.08. The van der Waals surface area contributed by atoms with Crippen LogP contribution in [0, 0.1) is 0 Å². The summed E-state index contributed by atoms with van der Waals surface area (Å²) in [6.45, 7) is 1.93. The Morgan fingerprint density at radius 3 is 2.70 bits per heavy atom. The van der Waals surface area contributed by atoms with E-state index in [1.807, 2.05) is 42.5 Å². The minimum Gasteiger partial charge on any atom is -0.488 e. The summed E-state index contributed by atoms with van der Waals surface area (Å²) in [6, 6.07) is 14.9. The third kappa shape index (κ3) is 4.75. The first-order valence-corrected chi connectivity index (χ1v) is 11.2. The van der Waals surface area contributed by atoms with Gasteiger partial charge in [-0.25, -0.2) is 15.0 Å². The number of amides is 1. The van der Waals surface area contributed by atoms with Gasteiger partial charge in [-0.1, -0.05) is 35.9 Å². The first-order valence-electron chi connectivity index (χ1n) is 10.8. The number of fused-ring (bicyclic) bond motifs is 1. The molecule has 0 aliphatic carbocycles. The number of H-pyrrole nitrogens is 1. The minimum absolute atomic E-state index is 0.0807. The number of ether oxygens (including phenoxy) is 1. The number of carbonyl (C=O) groups excluding carboxylic acids is 1. The van der Waals surface area contributed by atoms with Crippen LogP contribution in [0.1, 0.15) is 28.8 Å². The minimum atomic E-state index is -0.127. The molecular formula is C24H23ClN6O2. The van der Waals surface area contributed by atoms with Crippen LogP contribution in [0.25, 0.3) is 11.2 Å². The molecule has 9 heteroatoms. The average molecular weight is 463 g/mol. The van der Waals surface area contributed by atoms with E-state index < -0.39 is 0 Å². The number of rotatable bonds is 6. The third-order valence-electron chi connectivity index (χ3n) is 5.77. The van der Waals surface area contributed by atoms with E-state index in [0.717, 1.165) is 42.8 Å². The Morgan fingerprint density at radius 2 is 1.88 bits per heavy atom. The van der Waals surface area contributed by atoms with Gasteiger partial charge in [0.2, 0.25) is 0 Å². The normalized spacial score (nSPS) is 14.4. The van der Waals surface area contributed by atoms with Crippen molar-refractivity contribution in [2.24, 2.45) is 0 Å². The molecular weight excluding hydrogens is 440 g/mol. The first kappa shape index (κ1) is 21.2. The molecule has 33 heavy (non-hydrogen) atoms. The van der Waals surface area contributed by atoms with Gasteiger partial charge in [-0.15, -0.1) is 0 Å². The summed E-state index contributed by atoms with van der Waals surface area (Å²) in [5.74, 6) is 1.28. The highest BCUT2D eigenvalue weighted by Gasteiger charge is 2.24. The molecule has 0 unspecified atom stereocenters. The summed E-state index contributed by atoms with van der Waals surface area (Å²) in [7, 11) is 0. The monoisotopic (exact) mass is 462 g/mol. The van der Waals surface area contributed by atoms with Crippen LogP contribution in [0.5, 0.6) is 5.75 Å². The largest absolute Gasteiger partial charge is 0.488 e. The van der Waals surface area contributed by atoms with Crippen LogP contribution in [0.4, 0.5) is 5.82 Å². The van der Waals surface area contributed by atoms with Gasteiger partial charge in [0.05, 0.1) is 11.9 Å². The second kappa shape index (κ2) is 9.46. The van der Waals surface area contributed by atoms with Crippen molar-refractivity contribution in [3.05, 3.63) is 77.3 Å². The fourth-order valence-electron chi connectivity index (χ4n) is 4.01. The molecule has 0 saturated carbocycles. The van der Waals surface area contributed by atoms with Crippen LogP contribution in [0.2, 0.25) is 5.02 Å². The molecule has 1 saturated heterocycles. The summed E-state index contributed by atoms with van der Waals surface area (Å²) >= 11 is 5.95. The van der Waals surface area contributed by atoms with Gasteiger partial charge in [0.1, 0.15) is 24.2 Å². The van der Waals surface area contributed by atoms with E-state index in [2.05, 4.69) is 30.2 Å². The second-order valence-corrected chi connectivity index (χ2v) is 8.38. The molecule has 5 rings (SSSR count). The van der Waals surface area contributed by atoms with Gasteiger partial charge in [-0.3, -0.25) is 4.79 Å². The fourth-order valence-corrected chi connectivity index (χ4v) is 4.14. The number of carbonyl (C=O) groups is 1. The lowest BCUT2D eigenvalue weighted by Crippen LogP contribution is -2.45. The maximum Gasteiger partial charge on any atom is 0.255 e. The summed E-state index contributed by atoms with van der Waals surface area (Å²) in [4.78, 5) is 31.1. The van der Waals surface area contributed by atoms with Gasteiger partial charge in [0.25, 0.3) is 5.91 Å². The van der Waals surface area contributed by atoms with Crippen molar-refractivity contribution >= 4 is 34.5 Å². The summed E-state index contributed by atoms with van der Waals surface area (Å²) in [5, 5.41) is 3.85. The molecule has 1 aliphatic rings. The van der Waals surface area contributed by atoms with Crippen LogP contribution < -0.4 is 15.0 Å². The highest BCUT2D eigenvalue weighted by Crippen LogP contribution is 2.24. The van der Waals surface area contributed by atoms with Gasteiger partial charge in [-0.05, 0) is 42.7 Å². The number of anilines is 1. The standard InChI is InChI=1S/C24H23ClN6O2/c25-17-7-5-16(6-8-17)13-33-20-4-2-1-3-19(20)24(32)30-18-9-11-31(12-10-18)23-21-22(27-14-26-21)28-15-29-23/h1-8,14-15,18H,9-13H2,(H,30,32)(H,26,27,28,29). The van der Waals surface area contributed by atoms with Crippen molar-refractivity contribution in [3.63, 3.8) is 0 Å². The summed E-state index contributed by atoms with van der Waals surface area (Å²) in [5.41, 5.74) is 3.01. The molecule has 2 aromatic carbocycles. The van der Waals surface area contributed by atoms with Gasteiger partial charge in [-0.2, -0.15) is 0 Å². The molecule has 2 aromatic heterocycles. The fraction of sp³-hybridized carbons (Fsp3) is 0.250. The molecule has 1 fully saturated rings. The number of benzene rings is 2. The molecule has 0 bridgehead atoms. The number of aromatic nitrogens is 4. The van der Waals surface area contributed by atoms with E-state index in [4.69, 9.17) is 16.3 Å². The maximum atomic E-state index is 13.0. The van der Waals surface area contributed by atoms with Crippen molar-refractivity contribution < 1.29 is 9.53 Å². The zero-order valence-electron chi connectivity index (χ0n) is 17.9. The molecule has 3 heterocycles. The Hall–Kier alpha value is -3.65. The van der Waals surface area contributed by atoms with E-state index in [-0.39, 0.29) is 11.9 Å². The Labute approximate surface area is 196 Å². The number of nitrogens with zero attached hydrogens (tertiary/aromatic N) is 4. The first-order chi connectivity index (χ1) is 16.2. The highest BCUT2D eigenvalue weighted by atomic mass is 35.5. The Morgan fingerprint density at radius 1 is 1.09 bits per heavy atom. The van der Waals surface area contributed by atoms with Crippen LogP contribution in [-0.2, 0) is 6.61 Å². The molecule has 1 amide bonds. The molecule has 168 valence electrons. The van der Waals surface area contributed by atoms with Crippen molar-refractivity contribution in [1.29, 1.82) is 0 Å². The smallest absolute Gasteiger partial charge is 0.255 e. The molecule has 2 N–H and O–H groups in total. The van der Waals surface area contributed by atoms with E-state index in [1.54, 1.807) is 12.4 Å². The van der Waals surface area contributed by atoms with Crippen LogP contribution in [0.3, 0.4) is 0 Å². The summed E-state index contributed by atoms with van der Waals surface area (Å²) < 4.78 is 5.95. The quantitative estimate of drug-likeness (QED) is 0.450. The Bertz CT molecular complexity index is 1250. The lowest BCUT2D eigenvalue weighted by atomic mass is 10.0. The number of hydrogen-bond acceptors (Lipinski definition) is 6. The molecule has 0 spiro atoms. The third-order valence-corrected chi connectivity index (χ3v) is 6.02. The lowest BCUT2D eigenvalue weighted by molar-refractivity contribution is 0.0926. The molecule has 0 radical (unpaired) electrons.